The number of amides is 2. The van der Waals surface area contributed by atoms with Crippen LogP contribution in [-0.2, 0) is 44.7 Å². The highest BCUT2D eigenvalue weighted by Gasteiger charge is 2.50. The van der Waals surface area contributed by atoms with E-state index >= 15 is 0 Å². The Kier molecular flexibility index (Phi) is 6.40. The Morgan fingerprint density at radius 2 is 1.22 bits per heavy atom. The lowest BCUT2D eigenvalue weighted by Gasteiger charge is -2.24. The van der Waals surface area contributed by atoms with Crippen molar-refractivity contribution >= 4 is 23.4 Å². The minimum Gasteiger partial charge on any atom is -0.357 e. The molecule has 0 radical (unpaired) electrons. The largest absolute Gasteiger partial charge is 0.417 e. The molecule has 1 aromatic carbocycles. The van der Waals surface area contributed by atoms with Gasteiger partial charge in [0.2, 0.25) is 0 Å². The van der Waals surface area contributed by atoms with E-state index in [2.05, 4.69) is 30.6 Å². The number of aromatic amines is 2. The summed E-state index contributed by atoms with van der Waals surface area (Å²) in [5.41, 5.74) is 11.4. The molecular formula is C39H32ClF3N6O2. The summed E-state index contributed by atoms with van der Waals surface area (Å²) in [7, 11) is 0. The van der Waals surface area contributed by atoms with Gasteiger partial charge in [0.25, 0.3) is 11.8 Å². The van der Waals surface area contributed by atoms with Gasteiger partial charge in [0.05, 0.1) is 33.8 Å². The SMILES string of the molecule is O=C1NC2(CC2)Cc2[nH]c3c(c21)CCc1cnc(-c2ccccc2C(F)(F)F)cc1-3.O=C1NC2(CC2)Cc2[nH]c3c(c21)CCc1cnc(Cl)cc1-3. The van der Waals surface area contributed by atoms with Crippen LogP contribution in [-0.4, -0.2) is 42.8 Å². The first kappa shape index (κ1) is 30.9. The molecule has 2 amide bonds. The third-order valence-electron chi connectivity index (χ3n) is 11.6. The molecule has 0 saturated heterocycles. The second-order valence-electron chi connectivity index (χ2n) is 14.9. The van der Waals surface area contributed by atoms with Crippen molar-refractivity contribution in [3.05, 3.63) is 104 Å². The van der Waals surface area contributed by atoms with Gasteiger partial charge in [-0.2, -0.15) is 13.2 Å². The molecule has 2 fully saturated rings. The number of nitrogens with one attached hydrogen (secondary N) is 4. The number of alkyl halides is 3. The van der Waals surface area contributed by atoms with E-state index < -0.39 is 11.7 Å². The maximum Gasteiger partial charge on any atom is 0.417 e. The normalized spacial score (nSPS) is 19.3. The van der Waals surface area contributed by atoms with E-state index in [1.54, 1.807) is 18.3 Å². The first-order valence-electron chi connectivity index (χ1n) is 17.4. The molecule has 12 heteroatoms. The van der Waals surface area contributed by atoms with Crippen LogP contribution in [0.15, 0.2) is 48.8 Å². The minimum atomic E-state index is -4.46. The number of halogens is 4. The van der Waals surface area contributed by atoms with Crippen molar-refractivity contribution in [3.63, 3.8) is 0 Å². The van der Waals surface area contributed by atoms with Crippen LogP contribution in [0.1, 0.15) is 85.6 Å². The Morgan fingerprint density at radius 3 is 1.76 bits per heavy atom. The van der Waals surface area contributed by atoms with Crippen molar-refractivity contribution in [2.24, 2.45) is 0 Å². The summed E-state index contributed by atoms with van der Waals surface area (Å²) in [6.07, 6.45) is 8.15. The van der Waals surface area contributed by atoms with Crippen LogP contribution in [0, 0.1) is 0 Å². The number of hydrogen-bond donors (Lipinski definition) is 4. The molecule has 2 aliphatic heterocycles. The van der Waals surface area contributed by atoms with Gasteiger partial charge in [0.1, 0.15) is 5.15 Å². The lowest BCUT2D eigenvalue weighted by molar-refractivity contribution is -0.137. The molecule has 5 aromatic rings. The molecule has 11 rings (SSSR count). The number of benzene rings is 1. The third-order valence-corrected chi connectivity index (χ3v) is 11.8. The van der Waals surface area contributed by atoms with E-state index in [4.69, 9.17) is 11.6 Å². The smallest absolute Gasteiger partial charge is 0.357 e. The van der Waals surface area contributed by atoms with Crippen LogP contribution in [0.5, 0.6) is 0 Å². The summed E-state index contributed by atoms with van der Waals surface area (Å²) in [6.45, 7) is 0. The van der Waals surface area contributed by atoms with Crippen molar-refractivity contribution in [1.29, 1.82) is 0 Å². The van der Waals surface area contributed by atoms with E-state index in [1.807, 2.05) is 12.3 Å². The van der Waals surface area contributed by atoms with Crippen LogP contribution in [0.2, 0.25) is 5.15 Å². The standard InChI is InChI=1S/C23H18F3N3O.C16H14ClN3O/c24-23(25,26)16-4-2-1-3-13(16)17-9-15-12(11-27-17)5-6-14-19-18(28-20(14)15)10-22(7-8-22)29-21(19)30;17-12-5-10-8(7-18-12)1-2-9-13-11(19-14(9)10)6-16(3-4-16)20-15(13)21/h1-4,9,11,28H,5-8,10H2,(H,29,30);5,7,19H,1-4,6H2,(H,20,21). The number of aryl methyl sites for hydroxylation is 2. The zero-order valence-corrected chi connectivity index (χ0v) is 28.2. The van der Waals surface area contributed by atoms with Gasteiger partial charge in [0.15, 0.2) is 0 Å². The highest BCUT2D eigenvalue weighted by Crippen LogP contribution is 2.47. The van der Waals surface area contributed by atoms with Crippen LogP contribution >= 0.6 is 11.6 Å². The molecular weight excluding hydrogens is 677 g/mol. The number of carbonyl (C=O) groups is 2. The van der Waals surface area contributed by atoms with Gasteiger partial charge in [-0.25, -0.2) is 4.98 Å². The maximum atomic E-state index is 13.5. The number of nitrogens with zero attached hydrogens (tertiary/aromatic N) is 2. The first-order valence-corrected chi connectivity index (χ1v) is 17.8. The van der Waals surface area contributed by atoms with E-state index in [0.29, 0.717) is 11.6 Å². The van der Waals surface area contributed by atoms with Gasteiger partial charge < -0.3 is 20.6 Å². The Bertz CT molecular complexity index is 2350. The molecule has 4 aliphatic carbocycles. The van der Waals surface area contributed by atoms with Crippen molar-refractivity contribution in [3.8, 4) is 33.8 Å². The number of rotatable bonds is 1. The number of fused-ring (bicyclic) bond motifs is 10. The van der Waals surface area contributed by atoms with Gasteiger partial charge >= 0.3 is 6.18 Å². The van der Waals surface area contributed by atoms with Gasteiger partial charge in [-0.15, -0.1) is 0 Å². The molecule has 4 aromatic heterocycles. The molecule has 8 nitrogen and oxygen atoms in total. The molecule has 51 heavy (non-hydrogen) atoms. The molecule has 0 bridgehead atoms. The average molecular weight is 709 g/mol. The summed E-state index contributed by atoms with van der Waals surface area (Å²) in [4.78, 5) is 40.7. The molecule has 2 spiro atoms. The number of aromatic nitrogens is 4. The topological polar surface area (TPSA) is 116 Å². The van der Waals surface area contributed by atoms with Crippen LogP contribution < -0.4 is 10.6 Å². The summed E-state index contributed by atoms with van der Waals surface area (Å²) in [5.74, 6) is 0.0567. The second kappa shape index (κ2) is 10.6. The predicted octanol–water partition coefficient (Wildman–Crippen LogP) is 7.33. The van der Waals surface area contributed by atoms with Crippen LogP contribution in [0.4, 0.5) is 13.2 Å². The number of H-pyrrole nitrogens is 2. The highest BCUT2D eigenvalue weighted by atomic mass is 35.5. The number of carbonyl (C=O) groups excluding carboxylic acids is 2. The maximum absolute atomic E-state index is 13.5. The summed E-state index contributed by atoms with van der Waals surface area (Å²) >= 11 is 6.05. The summed E-state index contributed by atoms with van der Waals surface area (Å²) in [5, 5.41) is 6.84. The minimum absolute atomic E-state index is 0.0357. The third kappa shape index (κ3) is 4.95. The van der Waals surface area contributed by atoms with E-state index in [0.717, 1.165) is 126 Å². The van der Waals surface area contributed by atoms with Crippen molar-refractivity contribution in [2.45, 2.75) is 81.5 Å². The molecule has 2 saturated carbocycles. The van der Waals surface area contributed by atoms with Gasteiger partial charge in [-0.3, -0.25) is 14.6 Å². The van der Waals surface area contributed by atoms with Gasteiger partial charge in [0, 0.05) is 64.4 Å². The fourth-order valence-corrected chi connectivity index (χ4v) is 8.83. The van der Waals surface area contributed by atoms with E-state index in [1.165, 1.54) is 17.7 Å². The van der Waals surface area contributed by atoms with Crippen LogP contribution in [0.3, 0.4) is 0 Å². The first-order chi connectivity index (χ1) is 24.5. The predicted molar refractivity (Wildman–Crippen MR) is 185 cm³/mol. The fourth-order valence-electron chi connectivity index (χ4n) is 8.67. The quantitative estimate of drug-likeness (QED) is 0.137. The second-order valence-corrected chi connectivity index (χ2v) is 15.3. The van der Waals surface area contributed by atoms with E-state index in [-0.39, 0.29) is 34.1 Å². The number of hydrogen-bond acceptors (Lipinski definition) is 4. The zero-order valence-electron chi connectivity index (χ0n) is 27.4. The van der Waals surface area contributed by atoms with Crippen molar-refractivity contribution < 1.29 is 22.8 Å². The van der Waals surface area contributed by atoms with Gasteiger partial charge in [-0.1, -0.05) is 29.8 Å². The van der Waals surface area contributed by atoms with Crippen molar-refractivity contribution in [1.82, 2.24) is 30.6 Å². The molecule has 258 valence electrons. The van der Waals surface area contributed by atoms with E-state index in [9.17, 15) is 22.8 Å². The van der Waals surface area contributed by atoms with Crippen LogP contribution in [0.25, 0.3) is 33.8 Å². The summed E-state index contributed by atoms with van der Waals surface area (Å²) in [6, 6.07) is 9.13. The Hall–Kier alpha value is -4.90. The molecule has 6 aliphatic rings. The lowest BCUT2D eigenvalue weighted by atomic mass is 9.87. The zero-order chi connectivity index (χ0) is 34.9. The molecule has 4 N–H and O–H groups in total. The Labute approximate surface area is 295 Å². The van der Waals surface area contributed by atoms with Crippen molar-refractivity contribution in [2.75, 3.05) is 0 Å². The summed E-state index contributed by atoms with van der Waals surface area (Å²) < 4.78 is 40.5. The lowest BCUT2D eigenvalue weighted by Crippen LogP contribution is -2.43. The average Bonchev–Trinajstić information content (AvgIpc) is 3.94. The highest BCUT2D eigenvalue weighted by molar-refractivity contribution is 6.29. The molecule has 6 heterocycles. The number of pyridine rings is 2. The van der Waals surface area contributed by atoms with Gasteiger partial charge in [-0.05, 0) is 91.8 Å². The fraction of sp³-hybridized carbons (Fsp3) is 0.333. The Balaban J connectivity index is 0.000000136. The Morgan fingerprint density at radius 1 is 0.686 bits per heavy atom. The monoisotopic (exact) mass is 708 g/mol. The molecule has 0 atom stereocenters. The molecule has 0 unspecified atom stereocenters.